The molecule has 0 aliphatic carbocycles. The second kappa shape index (κ2) is 5.88. The Morgan fingerprint density at radius 3 is 1.50 bits per heavy atom. The van der Waals surface area contributed by atoms with Gasteiger partial charge in [0.2, 0.25) is 0 Å². The van der Waals surface area contributed by atoms with Crippen LogP contribution in [0.3, 0.4) is 0 Å². The third-order valence-corrected chi connectivity index (χ3v) is 1.34. The minimum Gasteiger partial charge on any atom is -0.368 e. The predicted octanol–water partition coefficient (Wildman–Crippen LogP) is 1.24. The molecule has 0 aliphatic heterocycles. The van der Waals surface area contributed by atoms with E-state index in [0.717, 1.165) is 0 Å². The summed E-state index contributed by atoms with van der Waals surface area (Å²) in [6, 6.07) is 4.09. The van der Waals surface area contributed by atoms with Gasteiger partial charge in [-0.25, -0.2) is 0 Å². The molecule has 0 unspecified atom stereocenters. The van der Waals surface area contributed by atoms with Crippen molar-refractivity contribution in [3.05, 3.63) is 11.4 Å². The highest BCUT2D eigenvalue weighted by Crippen LogP contribution is 1.99. The average molecular weight is 192 g/mol. The van der Waals surface area contributed by atoms with E-state index >= 15 is 0 Å². The lowest BCUT2D eigenvalue weighted by Crippen LogP contribution is -2.36. The Labute approximate surface area is 85.2 Å². The molecule has 0 spiro atoms. The Bertz CT molecular complexity index is 260. The van der Waals surface area contributed by atoms with Crippen molar-refractivity contribution < 1.29 is 0 Å². The van der Waals surface area contributed by atoms with Crippen molar-refractivity contribution in [3.63, 3.8) is 0 Å². The number of hydrogen-bond donors (Lipinski definition) is 2. The molecular formula is C10H16N4. The van der Waals surface area contributed by atoms with Crippen LogP contribution < -0.4 is 10.6 Å². The van der Waals surface area contributed by atoms with Gasteiger partial charge in [0, 0.05) is 12.1 Å². The molecule has 0 aromatic carbocycles. The highest BCUT2D eigenvalue weighted by molar-refractivity contribution is 5.39. The van der Waals surface area contributed by atoms with E-state index < -0.39 is 0 Å². The summed E-state index contributed by atoms with van der Waals surface area (Å²) in [5, 5.41) is 23.5. The maximum Gasteiger partial charge on any atom is 0.169 e. The molecule has 4 nitrogen and oxygen atoms in total. The van der Waals surface area contributed by atoms with Crippen LogP contribution in [0.15, 0.2) is 11.4 Å². The Kier molecular flexibility index (Phi) is 5.17. The van der Waals surface area contributed by atoms with Gasteiger partial charge in [0.05, 0.1) is 0 Å². The quantitative estimate of drug-likeness (QED) is 0.657. The Hall–Kier alpha value is -1.68. The van der Waals surface area contributed by atoms with Crippen molar-refractivity contribution in [2.24, 2.45) is 0 Å². The smallest absolute Gasteiger partial charge is 0.169 e. The highest BCUT2D eigenvalue weighted by atomic mass is 15.1. The molecule has 0 atom stereocenters. The molecular weight excluding hydrogens is 176 g/mol. The summed E-state index contributed by atoms with van der Waals surface area (Å²) in [5.74, 6) is 0.514. The van der Waals surface area contributed by atoms with E-state index in [2.05, 4.69) is 10.6 Å². The van der Waals surface area contributed by atoms with E-state index in [-0.39, 0.29) is 17.7 Å². The van der Waals surface area contributed by atoms with Crippen LogP contribution in [-0.2, 0) is 0 Å². The van der Waals surface area contributed by atoms with Gasteiger partial charge in [-0.05, 0) is 27.7 Å². The molecule has 0 rings (SSSR count). The summed E-state index contributed by atoms with van der Waals surface area (Å²) in [7, 11) is 0. The first-order valence-corrected chi connectivity index (χ1v) is 4.58. The van der Waals surface area contributed by atoms with Gasteiger partial charge >= 0.3 is 0 Å². The summed E-state index contributed by atoms with van der Waals surface area (Å²) in [6.45, 7) is 7.81. The van der Waals surface area contributed by atoms with Gasteiger partial charge in [0.1, 0.15) is 18.0 Å². The first-order chi connectivity index (χ1) is 6.51. The molecule has 14 heavy (non-hydrogen) atoms. The summed E-state index contributed by atoms with van der Waals surface area (Å²) >= 11 is 0. The lowest BCUT2D eigenvalue weighted by atomic mass is 10.2. The van der Waals surface area contributed by atoms with Crippen molar-refractivity contribution in [1.82, 2.24) is 10.6 Å². The maximum atomic E-state index is 8.71. The molecule has 0 saturated carbocycles. The molecule has 76 valence electrons. The number of nitrogens with one attached hydrogen (secondary N) is 2. The van der Waals surface area contributed by atoms with E-state index in [9.17, 15) is 0 Å². The highest BCUT2D eigenvalue weighted by Gasteiger charge is 2.08. The topological polar surface area (TPSA) is 71.6 Å². The minimum absolute atomic E-state index is 0.0902. The van der Waals surface area contributed by atoms with Crippen LogP contribution >= 0.6 is 0 Å². The van der Waals surface area contributed by atoms with E-state index in [1.807, 2.05) is 39.8 Å². The van der Waals surface area contributed by atoms with Crippen molar-refractivity contribution >= 4 is 0 Å². The SMILES string of the molecule is CC(C)NC(NC(C)C)=C(C#N)C#N. The van der Waals surface area contributed by atoms with Crippen molar-refractivity contribution in [2.75, 3.05) is 0 Å². The van der Waals surface area contributed by atoms with Crippen LogP contribution in [0.2, 0.25) is 0 Å². The Morgan fingerprint density at radius 1 is 0.929 bits per heavy atom. The van der Waals surface area contributed by atoms with Gasteiger partial charge in [-0.3, -0.25) is 0 Å². The van der Waals surface area contributed by atoms with Gasteiger partial charge in [0.15, 0.2) is 5.57 Å². The molecule has 0 fully saturated rings. The van der Waals surface area contributed by atoms with E-state index in [0.29, 0.717) is 5.82 Å². The lowest BCUT2D eigenvalue weighted by molar-refractivity contribution is 0.564. The second-order valence-corrected chi connectivity index (χ2v) is 3.57. The number of allylic oxidation sites excluding steroid dienone is 1. The first kappa shape index (κ1) is 12.3. The first-order valence-electron chi connectivity index (χ1n) is 4.58. The third-order valence-electron chi connectivity index (χ3n) is 1.34. The number of rotatable bonds is 4. The minimum atomic E-state index is 0.0902. The van der Waals surface area contributed by atoms with Gasteiger partial charge in [0.25, 0.3) is 0 Å². The monoisotopic (exact) mass is 192 g/mol. The summed E-state index contributed by atoms with van der Waals surface area (Å²) in [6.07, 6.45) is 0. The number of hydrogen-bond acceptors (Lipinski definition) is 4. The van der Waals surface area contributed by atoms with Gasteiger partial charge < -0.3 is 10.6 Å². The number of nitriles is 2. The van der Waals surface area contributed by atoms with Gasteiger partial charge in [-0.2, -0.15) is 10.5 Å². The van der Waals surface area contributed by atoms with E-state index in [1.165, 1.54) is 0 Å². The zero-order valence-electron chi connectivity index (χ0n) is 9.05. The molecule has 0 heterocycles. The van der Waals surface area contributed by atoms with Crippen LogP contribution in [0.5, 0.6) is 0 Å². The van der Waals surface area contributed by atoms with Crippen LogP contribution in [0.1, 0.15) is 27.7 Å². The molecule has 0 aromatic heterocycles. The second-order valence-electron chi connectivity index (χ2n) is 3.57. The van der Waals surface area contributed by atoms with Crippen LogP contribution in [0.4, 0.5) is 0 Å². The molecule has 0 radical (unpaired) electrons. The molecule has 0 bridgehead atoms. The predicted molar refractivity (Wildman–Crippen MR) is 54.8 cm³/mol. The largest absolute Gasteiger partial charge is 0.368 e. The lowest BCUT2D eigenvalue weighted by Gasteiger charge is -2.18. The molecule has 4 heteroatoms. The summed E-state index contributed by atoms with van der Waals surface area (Å²) < 4.78 is 0. The molecule has 2 N–H and O–H groups in total. The zero-order chi connectivity index (χ0) is 11.1. The van der Waals surface area contributed by atoms with Gasteiger partial charge in [-0.15, -0.1) is 0 Å². The fourth-order valence-corrected chi connectivity index (χ4v) is 0.900. The maximum absolute atomic E-state index is 8.71. The number of nitrogens with zero attached hydrogens (tertiary/aromatic N) is 2. The third kappa shape index (κ3) is 4.37. The Balaban J connectivity index is 4.81. The Morgan fingerprint density at radius 2 is 1.29 bits per heavy atom. The van der Waals surface area contributed by atoms with Gasteiger partial charge in [-0.1, -0.05) is 0 Å². The van der Waals surface area contributed by atoms with Crippen molar-refractivity contribution in [2.45, 2.75) is 39.8 Å². The molecule has 0 aromatic rings. The molecule has 0 aliphatic rings. The zero-order valence-corrected chi connectivity index (χ0v) is 9.05. The summed E-state index contributed by atoms with van der Waals surface area (Å²) in [5.41, 5.74) is 0.0902. The molecule has 0 amide bonds. The fraction of sp³-hybridized carbons (Fsp3) is 0.600. The standard InChI is InChI=1S/C10H16N4/c1-7(2)13-10(14-8(3)4)9(5-11)6-12/h7-8,13-14H,1-4H3. The van der Waals surface area contributed by atoms with Crippen LogP contribution in [0, 0.1) is 22.7 Å². The molecule has 0 saturated heterocycles. The van der Waals surface area contributed by atoms with E-state index in [1.54, 1.807) is 0 Å². The van der Waals surface area contributed by atoms with Crippen LogP contribution in [0.25, 0.3) is 0 Å². The van der Waals surface area contributed by atoms with Crippen molar-refractivity contribution in [3.8, 4) is 12.1 Å². The fourth-order valence-electron chi connectivity index (χ4n) is 0.900. The average Bonchev–Trinajstić information content (AvgIpc) is 2.03. The van der Waals surface area contributed by atoms with Crippen molar-refractivity contribution in [1.29, 1.82) is 10.5 Å². The van der Waals surface area contributed by atoms with E-state index in [4.69, 9.17) is 10.5 Å². The normalized spacial score (nSPS) is 9.14. The summed E-state index contributed by atoms with van der Waals surface area (Å²) in [4.78, 5) is 0. The van der Waals surface area contributed by atoms with Crippen LogP contribution in [-0.4, -0.2) is 12.1 Å².